The Bertz CT molecular complexity index is 881. The summed E-state index contributed by atoms with van der Waals surface area (Å²) in [5.74, 6) is 1.42. The molecule has 3 N–H and O–H groups in total. The Labute approximate surface area is 150 Å². The van der Waals surface area contributed by atoms with E-state index in [2.05, 4.69) is 15.5 Å². The van der Waals surface area contributed by atoms with Crippen LogP contribution in [0.2, 0.25) is 0 Å². The molecule has 0 bridgehead atoms. The number of aromatic nitrogens is 2. The zero-order chi connectivity index (χ0) is 17.9. The minimum absolute atomic E-state index is 0.0834. The van der Waals surface area contributed by atoms with Crippen LogP contribution in [0.5, 0.6) is 5.75 Å². The third-order valence-corrected chi connectivity index (χ3v) is 4.45. The number of benzene rings is 2. The lowest BCUT2D eigenvalue weighted by molar-refractivity contribution is 0.300. The van der Waals surface area contributed by atoms with Gasteiger partial charge in [-0.25, -0.2) is 4.39 Å². The molecule has 134 valence electrons. The summed E-state index contributed by atoms with van der Waals surface area (Å²) in [5.41, 5.74) is 7.19. The van der Waals surface area contributed by atoms with Crippen LogP contribution in [0.15, 0.2) is 52.9 Å². The maximum atomic E-state index is 13.6. The smallest absolute Gasteiger partial charge is 0.312 e. The van der Waals surface area contributed by atoms with Gasteiger partial charge in [-0.15, -0.1) is 5.10 Å². The van der Waals surface area contributed by atoms with E-state index in [0.29, 0.717) is 30.0 Å². The average Bonchev–Trinajstić information content (AvgIpc) is 3.32. The number of nitrogens with two attached hydrogens (primary N) is 1. The van der Waals surface area contributed by atoms with Gasteiger partial charge in [0.15, 0.2) is 0 Å². The van der Waals surface area contributed by atoms with Crippen LogP contribution in [-0.4, -0.2) is 16.2 Å². The summed E-state index contributed by atoms with van der Waals surface area (Å²) in [5, 5.41) is 10.8. The van der Waals surface area contributed by atoms with Gasteiger partial charge in [-0.2, -0.15) is 0 Å². The second kappa shape index (κ2) is 7.13. The highest BCUT2D eigenvalue weighted by atomic mass is 19.1. The second-order valence-electron chi connectivity index (χ2n) is 6.31. The van der Waals surface area contributed by atoms with Crippen LogP contribution in [0.4, 0.5) is 10.4 Å². The quantitative estimate of drug-likeness (QED) is 0.678. The van der Waals surface area contributed by atoms with Gasteiger partial charge in [0.2, 0.25) is 5.89 Å². The van der Waals surface area contributed by atoms with Crippen molar-refractivity contribution in [3.63, 3.8) is 0 Å². The number of nitrogens with zero attached hydrogens (tertiary/aromatic N) is 2. The molecule has 4 rings (SSSR count). The van der Waals surface area contributed by atoms with E-state index in [-0.39, 0.29) is 18.4 Å². The SMILES string of the molecule is Nc1nnc(CNC2CC2c2ccc(OCc3ccccc3F)cc2)o1. The van der Waals surface area contributed by atoms with Gasteiger partial charge >= 0.3 is 6.01 Å². The van der Waals surface area contributed by atoms with Crippen LogP contribution in [0.1, 0.15) is 29.4 Å². The molecule has 6 nitrogen and oxygen atoms in total. The third-order valence-electron chi connectivity index (χ3n) is 4.45. The largest absolute Gasteiger partial charge is 0.489 e. The first-order valence-corrected chi connectivity index (χ1v) is 8.46. The Balaban J connectivity index is 1.27. The minimum Gasteiger partial charge on any atom is -0.489 e. The van der Waals surface area contributed by atoms with E-state index < -0.39 is 0 Å². The summed E-state index contributed by atoms with van der Waals surface area (Å²) >= 11 is 0. The van der Waals surface area contributed by atoms with Crippen molar-refractivity contribution in [2.45, 2.75) is 31.5 Å². The monoisotopic (exact) mass is 354 g/mol. The molecular formula is C19H19FN4O2. The molecule has 1 aliphatic carbocycles. The molecule has 2 atom stereocenters. The van der Waals surface area contributed by atoms with E-state index in [1.165, 1.54) is 11.6 Å². The summed E-state index contributed by atoms with van der Waals surface area (Å²) in [6.45, 7) is 0.724. The van der Waals surface area contributed by atoms with Crippen molar-refractivity contribution < 1.29 is 13.5 Å². The molecule has 0 radical (unpaired) electrons. The van der Waals surface area contributed by atoms with Gasteiger partial charge in [-0.1, -0.05) is 35.4 Å². The topological polar surface area (TPSA) is 86.2 Å². The Morgan fingerprint density at radius 3 is 2.69 bits per heavy atom. The fourth-order valence-corrected chi connectivity index (χ4v) is 2.93. The summed E-state index contributed by atoms with van der Waals surface area (Å²) in [6.07, 6.45) is 1.05. The third kappa shape index (κ3) is 3.83. The van der Waals surface area contributed by atoms with Crippen LogP contribution >= 0.6 is 0 Å². The molecule has 2 aromatic carbocycles. The molecule has 1 saturated carbocycles. The van der Waals surface area contributed by atoms with Crippen LogP contribution in [0.25, 0.3) is 0 Å². The second-order valence-corrected chi connectivity index (χ2v) is 6.31. The molecule has 26 heavy (non-hydrogen) atoms. The molecule has 1 fully saturated rings. The van der Waals surface area contributed by atoms with E-state index in [0.717, 1.165) is 12.2 Å². The molecule has 3 aromatic rings. The Morgan fingerprint density at radius 2 is 1.96 bits per heavy atom. The number of ether oxygens (including phenoxy) is 1. The van der Waals surface area contributed by atoms with Crippen LogP contribution in [0, 0.1) is 5.82 Å². The highest BCUT2D eigenvalue weighted by Crippen LogP contribution is 2.41. The van der Waals surface area contributed by atoms with Gasteiger partial charge in [-0.3, -0.25) is 0 Å². The molecule has 0 amide bonds. The van der Waals surface area contributed by atoms with Crippen molar-refractivity contribution in [1.29, 1.82) is 0 Å². The molecule has 1 aliphatic rings. The number of nitrogen functional groups attached to an aromatic ring is 1. The minimum atomic E-state index is -0.251. The molecular weight excluding hydrogens is 335 g/mol. The van der Waals surface area contributed by atoms with Gasteiger partial charge in [0.05, 0.1) is 6.54 Å². The summed E-state index contributed by atoms with van der Waals surface area (Å²) < 4.78 is 24.4. The zero-order valence-electron chi connectivity index (χ0n) is 14.1. The van der Waals surface area contributed by atoms with Gasteiger partial charge in [0.1, 0.15) is 18.2 Å². The summed E-state index contributed by atoms with van der Waals surface area (Å²) in [4.78, 5) is 0. The predicted octanol–water partition coefficient (Wildman–Crippen LogP) is 3.02. The van der Waals surface area contributed by atoms with E-state index in [1.807, 2.05) is 24.3 Å². The summed E-state index contributed by atoms with van der Waals surface area (Å²) in [7, 11) is 0. The molecule has 7 heteroatoms. The molecule has 0 saturated heterocycles. The first-order chi connectivity index (χ1) is 12.7. The molecule has 1 aromatic heterocycles. The standard InChI is InChI=1S/C19H19FN4O2/c20-16-4-2-1-3-13(16)11-25-14-7-5-12(6-8-14)15-9-17(15)22-10-18-23-24-19(21)26-18/h1-8,15,17,22H,9-11H2,(H2,21,24). The van der Waals surface area contributed by atoms with Crippen LogP contribution in [-0.2, 0) is 13.2 Å². The predicted molar refractivity (Wildman–Crippen MR) is 93.9 cm³/mol. The average molecular weight is 354 g/mol. The lowest BCUT2D eigenvalue weighted by atomic mass is 10.1. The van der Waals surface area contributed by atoms with E-state index >= 15 is 0 Å². The van der Waals surface area contributed by atoms with E-state index in [9.17, 15) is 4.39 Å². The number of nitrogens with one attached hydrogen (secondary N) is 1. The van der Waals surface area contributed by atoms with Gasteiger partial charge < -0.3 is 20.2 Å². The summed E-state index contributed by atoms with van der Waals surface area (Å²) in [6, 6.07) is 15.0. The first-order valence-electron chi connectivity index (χ1n) is 8.46. The number of hydrogen-bond acceptors (Lipinski definition) is 6. The normalized spacial score (nSPS) is 18.7. The van der Waals surface area contributed by atoms with Crippen molar-refractivity contribution in [2.75, 3.05) is 5.73 Å². The fourth-order valence-electron chi connectivity index (χ4n) is 2.93. The number of hydrogen-bond donors (Lipinski definition) is 2. The molecule has 0 spiro atoms. The fraction of sp³-hybridized carbons (Fsp3) is 0.263. The van der Waals surface area contributed by atoms with Crippen molar-refractivity contribution >= 4 is 6.01 Å². The first kappa shape index (κ1) is 16.5. The Hall–Kier alpha value is -2.93. The lowest BCUT2D eigenvalue weighted by Gasteiger charge is -2.08. The van der Waals surface area contributed by atoms with Gasteiger partial charge in [0.25, 0.3) is 0 Å². The van der Waals surface area contributed by atoms with Crippen molar-refractivity contribution in [2.24, 2.45) is 0 Å². The van der Waals surface area contributed by atoms with E-state index in [1.54, 1.807) is 18.2 Å². The molecule has 0 aliphatic heterocycles. The van der Waals surface area contributed by atoms with Gasteiger partial charge in [-0.05, 0) is 30.2 Å². The maximum Gasteiger partial charge on any atom is 0.312 e. The Morgan fingerprint density at radius 1 is 1.15 bits per heavy atom. The van der Waals surface area contributed by atoms with Gasteiger partial charge in [0, 0.05) is 17.5 Å². The number of anilines is 1. The molecule has 2 unspecified atom stereocenters. The van der Waals surface area contributed by atoms with Crippen molar-refractivity contribution in [3.8, 4) is 5.75 Å². The highest BCUT2D eigenvalue weighted by molar-refractivity contribution is 5.34. The number of rotatable bonds is 7. The van der Waals surface area contributed by atoms with Crippen LogP contribution < -0.4 is 15.8 Å². The van der Waals surface area contributed by atoms with Crippen molar-refractivity contribution in [1.82, 2.24) is 15.5 Å². The lowest BCUT2D eigenvalue weighted by Crippen LogP contribution is -2.17. The number of halogens is 1. The van der Waals surface area contributed by atoms with E-state index in [4.69, 9.17) is 14.9 Å². The van der Waals surface area contributed by atoms with Crippen molar-refractivity contribution in [3.05, 3.63) is 71.4 Å². The highest BCUT2D eigenvalue weighted by Gasteiger charge is 2.38. The van der Waals surface area contributed by atoms with Crippen LogP contribution in [0.3, 0.4) is 0 Å². The zero-order valence-corrected chi connectivity index (χ0v) is 14.1. The molecule has 1 heterocycles. The maximum absolute atomic E-state index is 13.6. The Kier molecular flexibility index (Phi) is 4.53.